The molecule has 3 N–H and O–H groups in total. The summed E-state index contributed by atoms with van der Waals surface area (Å²) in [5.74, 6) is 0.103. The van der Waals surface area contributed by atoms with E-state index < -0.39 is 0 Å². The van der Waals surface area contributed by atoms with E-state index in [1.165, 1.54) is 0 Å². The van der Waals surface area contributed by atoms with Crippen LogP contribution in [0, 0.1) is 11.8 Å². The van der Waals surface area contributed by atoms with Crippen molar-refractivity contribution in [2.45, 2.75) is 13.3 Å². The molecule has 0 aliphatic heterocycles. The van der Waals surface area contributed by atoms with Crippen LogP contribution in [0.1, 0.15) is 13.3 Å². The molecule has 0 aromatic heterocycles. The van der Waals surface area contributed by atoms with E-state index in [9.17, 15) is 0 Å². The van der Waals surface area contributed by atoms with Crippen molar-refractivity contribution >= 4 is 0 Å². The lowest BCUT2D eigenvalue weighted by Crippen LogP contribution is -2.16. The molecule has 0 saturated heterocycles. The van der Waals surface area contributed by atoms with E-state index in [0.29, 0.717) is 6.42 Å². The summed E-state index contributed by atoms with van der Waals surface area (Å²) in [5, 5.41) is 25.9. The molecule has 0 aliphatic rings. The Balaban J connectivity index is 3.41. The number of hydrogen-bond acceptors (Lipinski definition) is 3. The van der Waals surface area contributed by atoms with Crippen molar-refractivity contribution in [3.8, 4) is 0 Å². The normalized spacial score (nSPS) is 14.1. The number of aliphatic hydroxyl groups is 3. The molecule has 3 nitrogen and oxygen atoms in total. The summed E-state index contributed by atoms with van der Waals surface area (Å²) < 4.78 is 0. The molecule has 0 radical (unpaired) electrons. The predicted molar refractivity (Wildman–Crippen MR) is 38.5 cm³/mol. The molecule has 0 aromatic rings. The third-order valence-electron chi connectivity index (χ3n) is 1.56. The van der Waals surface area contributed by atoms with E-state index in [0.717, 1.165) is 0 Å². The molecular weight excluding hydrogens is 132 g/mol. The second-order valence-electron chi connectivity index (χ2n) is 2.75. The van der Waals surface area contributed by atoms with Gasteiger partial charge in [-0.05, 0) is 12.3 Å². The van der Waals surface area contributed by atoms with Gasteiger partial charge < -0.3 is 15.3 Å². The van der Waals surface area contributed by atoms with Gasteiger partial charge in [0.1, 0.15) is 0 Å². The van der Waals surface area contributed by atoms with E-state index >= 15 is 0 Å². The Hall–Kier alpha value is -0.120. The minimum absolute atomic E-state index is 0.000833. The molecular formula is C7H16O3. The van der Waals surface area contributed by atoms with Crippen molar-refractivity contribution in [2.24, 2.45) is 11.8 Å². The first-order chi connectivity index (χ1) is 4.74. The zero-order valence-corrected chi connectivity index (χ0v) is 6.32. The fourth-order valence-corrected chi connectivity index (χ4v) is 0.850. The first-order valence-corrected chi connectivity index (χ1v) is 3.57. The van der Waals surface area contributed by atoms with Gasteiger partial charge in [-0.15, -0.1) is 0 Å². The molecule has 0 heterocycles. The molecule has 0 fully saturated rings. The maximum absolute atomic E-state index is 8.63. The van der Waals surface area contributed by atoms with E-state index in [4.69, 9.17) is 15.3 Å². The van der Waals surface area contributed by atoms with Gasteiger partial charge in [0.2, 0.25) is 0 Å². The molecule has 0 saturated carbocycles. The van der Waals surface area contributed by atoms with Crippen LogP contribution >= 0.6 is 0 Å². The fraction of sp³-hybridized carbons (Fsp3) is 1.00. The molecule has 10 heavy (non-hydrogen) atoms. The van der Waals surface area contributed by atoms with E-state index in [1.807, 2.05) is 6.92 Å². The zero-order chi connectivity index (χ0) is 7.98. The SMILES string of the molecule is CC(CO)CC(CO)CO. The van der Waals surface area contributed by atoms with Gasteiger partial charge in [0, 0.05) is 25.7 Å². The molecule has 0 spiro atoms. The molecule has 0 bridgehead atoms. The van der Waals surface area contributed by atoms with Crippen LogP contribution < -0.4 is 0 Å². The quantitative estimate of drug-likeness (QED) is 0.497. The summed E-state index contributed by atoms with van der Waals surface area (Å²) in [7, 11) is 0. The second kappa shape index (κ2) is 5.65. The van der Waals surface area contributed by atoms with Gasteiger partial charge in [-0.2, -0.15) is 0 Å². The Kier molecular flexibility index (Phi) is 5.58. The van der Waals surface area contributed by atoms with Crippen molar-refractivity contribution in [3.63, 3.8) is 0 Å². The lowest BCUT2D eigenvalue weighted by molar-refractivity contribution is 0.117. The van der Waals surface area contributed by atoms with Crippen molar-refractivity contribution in [1.29, 1.82) is 0 Å². The molecule has 1 atom stereocenters. The largest absolute Gasteiger partial charge is 0.396 e. The first kappa shape index (κ1) is 9.88. The second-order valence-corrected chi connectivity index (χ2v) is 2.75. The van der Waals surface area contributed by atoms with Crippen LogP contribution in [-0.4, -0.2) is 35.1 Å². The average Bonchev–Trinajstić information content (AvgIpc) is 1.99. The minimum atomic E-state index is -0.0675. The Bertz CT molecular complexity index is 71.3. The van der Waals surface area contributed by atoms with Crippen LogP contribution in [0.25, 0.3) is 0 Å². The van der Waals surface area contributed by atoms with Crippen molar-refractivity contribution in [2.75, 3.05) is 19.8 Å². The summed E-state index contributed by atoms with van der Waals surface area (Å²) in [6, 6.07) is 0. The molecule has 0 aliphatic carbocycles. The van der Waals surface area contributed by atoms with Crippen LogP contribution in [-0.2, 0) is 0 Å². The smallest absolute Gasteiger partial charge is 0.0481 e. The minimum Gasteiger partial charge on any atom is -0.396 e. The van der Waals surface area contributed by atoms with Gasteiger partial charge in [-0.25, -0.2) is 0 Å². The van der Waals surface area contributed by atoms with Crippen LogP contribution in [0.2, 0.25) is 0 Å². The maximum atomic E-state index is 8.63. The van der Waals surface area contributed by atoms with Gasteiger partial charge in [-0.1, -0.05) is 6.92 Å². The van der Waals surface area contributed by atoms with Gasteiger partial charge in [0.15, 0.2) is 0 Å². The molecule has 62 valence electrons. The Morgan fingerprint density at radius 2 is 1.50 bits per heavy atom. The first-order valence-electron chi connectivity index (χ1n) is 3.57. The Labute approximate surface area is 61.3 Å². The lowest BCUT2D eigenvalue weighted by Gasteiger charge is -2.14. The monoisotopic (exact) mass is 148 g/mol. The number of hydrogen-bond donors (Lipinski definition) is 3. The van der Waals surface area contributed by atoms with E-state index in [2.05, 4.69) is 0 Å². The number of rotatable bonds is 5. The summed E-state index contributed by atoms with van der Waals surface area (Å²) >= 11 is 0. The van der Waals surface area contributed by atoms with E-state index in [-0.39, 0.29) is 31.7 Å². The summed E-state index contributed by atoms with van der Waals surface area (Å²) in [6.07, 6.45) is 0.684. The highest BCUT2D eigenvalue weighted by molar-refractivity contribution is 4.60. The Morgan fingerprint density at radius 1 is 1.00 bits per heavy atom. The van der Waals surface area contributed by atoms with Gasteiger partial charge in [0.25, 0.3) is 0 Å². The molecule has 0 amide bonds. The Morgan fingerprint density at radius 3 is 1.80 bits per heavy atom. The zero-order valence-electron chi connectivity index (χ0n) is 6.32. The third kappa shape index (κ3) is 3.82. The molecule has 3 heteroatoms. The summed E-state index contributed by atoms with van der Waals surface area (Å²) in [4.78, 5) is 0. The predicted octanol–water partition coefficient (Wildman–Crippen LogP) is -0.394. The molecule has 0 aromatic carbocycles. The highest BCUT2D eigenvalue weighted by Crippen LogP contribution is 2.09. The standard InChI is InChI=1S/C7H16O3/c1-6(3-8)2-7(4-9)5-10/h6-10H,2-5H2,1H3. The lowest BCUT2D eigenvalue weighted by atomic mass is 9.98. The molecule has 1 unspecified atom stereocenters. The van der Waals surface area contributed by atoms with E-state index in [1.54, 1.807) is 0 Å². The highest BCUT2D eigenvalue weighted by atomic mass is 16.3. The van der Waals surface area contributed by atoms with Gasteiger partial charge in [-0.3, -0.25) is 0 Å². The maximum Gasteiger partial charge on any atom is 0.0481 e. The third-order valence-corrected chi connectivity index (χ3v) is 1.56. The van der Waals surface area contributed by atoms with Crippen molar-refractivity contribution in [3.05, 3.63) is 0 Å². The average molecular weight is 148 g/mol. The van der Waals surface area contributed by atoms with Crippen molar-refractivity contribution in [1.82, 2.24) is 0 Å². The van der Waals surface area contributed by atoms with Gasteiger partial charge >= 0.3 is 0 Å². The summed E-state index contributed by atoms with van der Waals surface area (Å²) in [5.41, 5.74) is 0. The summed E-state index contributed by atoms with van der Waals surface area (Å²) in [6.45, 7) is 2.01. The molecule has 0 rings (SSSR count). The van der Waals surface area contributed by atoms with Gasteiger partial charge in [0.05, 0.1) is 0 Å². The van der Waals surface area contributed by atoms with Crippen LogP contribution in [0.4, 0.5) is 0 Å². The fourth-order valence-electron chi connectivity index (χ4n) is 0.850. The van der Waals surface area contributed by atoms with Crippen LogP contribution in [0.15, 0.2) is 0 Å². The van der Waals surface area contributed by atoms with Crippen molar-refractivity contribution < 1.29 is 15.3 Å². The topological polar surface area (TPSA) is 60.7 Å². The van der Waals surface area contributed by atoms with Crippen LogP contribution in [0.3, 0.4) is 0 Å². The number of aliphatic hydroxyl groups excluding tert-OH is 3. The van der Waals surface area contributed by atoms with Crippen LogP contribution in [0.5, 0.6) is 0 Å². The highest BCUT2D eigenvalue weighted by Gasteiger charge is 2.09.